The molecule has 1 aromatic heterocycles. The van der Waals surface area contributed by atoms with Crippen molar-refractivity contribution in [3.63, 3.8) is 0 Å². The number of carbonyl (C=O) groups excluding carboxylic acids is 1. The Balaban J connectivity index is 2.35. The molecular formula is C14H17N3O3S. The smallest absolute Gasteiger partial charge is 0.265 e. The van der Waals surface area contributed by atoms with Crippen molar-refractivity contribution >= 4 is 21.5 Å². The Kier molecular flexibility index (Phi) is 4.13. The zero-order valence-electron chi connectivity index (χ0n) is 12.1. The standard InChI is InChI=1S/C14H17N3O3S/c1-4-17-10(2)14(9-15-17)21(19,20)16-13-7-5-6-12(8-13)11(3)18/h5-9,16H,4H2,1-3H3. The zero-order valence-corrected chi connectivity index (χ0v) is 12.9. The van der Waals surface area contributed by atoms with Gasteiger partial charge in [-0.15, -0.1) is 0 Å². The van der Waals surface area contributed by atoms with Crippen molar-refractivity contribution in [2.24, 2.45) is 0 Å². The maximum Gasteiger partial charge on any atom is 0.265 e. The van der Waals surface area contributed by atoms with Gasteiger partial charge >= 0.3 is 0 Å². The maximum atomic E-state index is 12.4. The summed E-state index contributed by atoms with van der Waals surface area (Å²) in [5.74, 6) is -0.119. The number of hydrogen-bond donors (Lipinski definition) is 1. The van der Waals surface area contributed by atoms with E-state index in [-0.39, 0.29) is 10.7 Å². The summed E-state index contributed by atoms with van der Waals surface area (Å²) in [5, 5.41) is 4.03. The quantitative estimate of drug-likeness (QED) is 0.859. The van der Waals surface area contributed by atoms with Crippen molar-refractivity contribution in [1.82, 2.24) is 9.78 Å². The molecule has 6 nitrogen and oxygen atoms in total. The number of Topliss-reactive ketones (excluding diaryl/α,β-unsaturated/α-hetero) is 1. The lowest BCUT2D eigenvalue weighted by atomic mass is 10.1. The molecule has 0 amide bonds. The lowest BCUT2D eigenvalue weighted by Gasteiger charge is -2.08. The van der Waals surface area contributed by atoms with Crippen LogP contribution in [0.2, 0.25) is 0 Å². The van der Waals surface area contributed by atoms with Gasteiger partial charge in [-0.2, -0.15) is 5.10 Å². The first-order chi connectivity index (χ1) is 9.85. The molecule has 0 unspecified atom stereocenters. The Hall–Kier alpha value is -2.15. The molecule has 0 saturated heterocycles. The van der Waals surface area contributed by atoms with E-state index < -0.39 is 10.0 Å². The van der Waals surface area contributed by atoms with Crippen LogP contribution in [0.25, 0.3) is 0 Å². The molecule has 7 heteroatoms. The molecule has 1 heterocycles. The Bertz CT molecular complexity index is 779. The summed E-state index contributed by atoms with van der Waals surface area (Å²) in [6, 6.07) is 6.39. The van der Waals surface area contributed by atoms with Crippen LogP contribution in [0.1, 0.15) is 29.9 Å². The van der Waals surface area contributed by atoms with Crippen LogP contribution in [0.5, 0.6) is 0 Å². The number of rotatable bonds is 5. The van der Waals surface area contributed by atoms with Gasteiger partial charge in [0, 0.05) is 17.8 Å². The van der Waals surface area contributed by atoms with Crippen LogP contribution in [0.4, 0.5) is 5.69 Å². The zero-order chi connectivity index (χ0) is 15.6. The summed E-state index contributed by atoms with van der Waals surface area (Å²) in [7, 11) is -3.72. The number of sulfonamides is 1. The second-order valence-electron chi connectivity index (χ2n) is 4.65. The summed E-state index contributed by atoms with van der Waals surface area (Å²) in [6.45, 7) is 5.63. The lowest BCUT2D eigenvalue weighted by molar-refractivity contribution is 0.101. The van der Waals surface area contributed by atoms with E-state index >= 15 is 0 Å². The van der Waals surface area contributed by atoms with E-state index in [9.17, 15) is 13.2 Å². The highest BCUT2D eigenvalue weighted by molar-refractivity contribution is 7.92. The van der Waals surface area contributed by atoms with E-state index in [4.69, 9.17) is 0 Å². The van der Waals surface area contributed by atoms with Gasteiger partial charge in [0.25, 0.3) is 10.0 Å². The molecule has 0 atom stereocenters. The van der Waals surface area contributed by atoms with Crippen LogP contribution in [0.15, 0.2) is 35.4 Å². The number of carbonyl (C=O) groups is 1. The van der Waals surface area contributed by atoms with Crippen molar-refractivity contribution in [2.75, 3.05) is 4.72 Å². The first kappa shape index (κ1) is 15.2. The van der Waals surface area contributed by atoms with E-state index in [0.29, 0.717) is 23.5 Å². The number of ketones is 1. The Labute approximate surface area is 123 Å². The van der Waals surface area contributed by atoms with Gasteiger partial charge in [-0.3, -0.25) is 14.2 Å². The molecule has 0 aliphatic carbocycles. The third-order valence-corrected chi connectivity index (χ3v) is 4.65. The molecule has 0 radical (unpaired) electrons. The number of aryl methyl sites for hydroxylation is 1. The number of anilines is 1. The molecule has 0 spiro atoms. The molecule has 1 N–H and O–H groups in total. The third kappa shape index (κ3) is 3.13. The van der Waals surface area contributed by atoms with Gasteiger partial charge in [0.15, 0.2) is 5.78 Å². The average Bonchev–Trinajstić information content (AvgIpc) is 2.80. The third-order valence-electron chi connectivity index (χ3n) is 3.17. The number of benzene rings is 1. The van der Waals surface area contributed by atoms with E-state index in [2.05, 4.69) is 9.82 Å². The lowest BCUT2D eigenvalue weighted by Crippen LogP contribution is -2.14. The predicted octanol–water partition coefficient (Wildman–Crippen LogP) is 2.21. The SMILES string of the molecule is CCn1ncc(S(=O)(=O)Nc2cccc(C(C)=O)c2)c1C. The normalized spacial score (nSPS) is 11.4. The fourth-order valence-electron chi connectivity index (χ4n) is 2.02. The maximum absolute atomic E-state index is 12.4. The minimum atomic E-state index is -3.72. The molecule has 0 saturated carbocycles. The monoisotopic (exact) mass is 307 g/mol. The van der Waals surface area contributed by atoms with Crippen molar-refractivity contribution in [1.29, 1.82) is 0 Å². The number of hydrogen-bond acceptors (Lipinski definition) is 4. The topological polar surface area (TPSA) is 81.1 Å². The van der Waals surface area contributed by atoms with Crippen LogP contribution in [-0.2, 0) is 16.6 Å². The van der Waals surface area contributed by atoms with Gasteiger partial charge in [-0.25, -0.2) is 8.42 Å². The first-order valence-electron chi connectivity index (χ1n) is 6.51. The van der Waals surface area contributed by atoms with Crippen LogP contribution in [0.3, 0.4) is 0 Å². The second-order valence-corrected chi connectivity index (χ2v) is 6.30. The molecule has 2 aromatic rings. The van der Waals surface area contributed by atoms with Gasteiger partial charge < -0.3 is 0 Å². The van der Waals surface area contributed by atoms with Gasteiger partial charge in [0.2, 0.25) is 0 Å². The van der Waals surface area contributed by atoms with Crippen LogP contribution in [0, 0.1) is 6.92 Å². The molecule has 1 aromatic carbocycles. The van der Waals surface area contributed by atoms with Gasteiger partial charge in [0.1, 0.15) is 4.90 Å². The van der Waals surface area contributed by atoms with E-state index in [1.54, 1.807) is 29.8 Å². The highest BCUT2D eigenvalue weighted by Gasteiger charge is 2.20. The number of nitrogens with zero attached hydrogens (tertiary/aromatic N) is 2. The van der Waals surface area contributed by atoms with Crippen molar-refractivity contribution in [3.8, 4) is 0 Å². The molecule has 0 fully saturated rings. The van der Waals surface area contributed by atoms with Crippen LogP contribution in [-0.4, -0.2) is 24.0 Å². The Morgan fingerprint density at radius 2 is 2.10 bits per heavy atom. The fraction of sp³-hybridized carbons (Fsp3) is 0.286. The Morgan fingerprint density at radius 3 is 2.67 bits per heavy atom. The Morgan fingerprint density at radius 1 is 1.38 bits per heavy atom. The van der Waals surface area contributed by atoms with Crippen molar-refractivity contribution in [3.05, 3.63) is 41.7 Å². The highest BCUT2D eigenvalue weighted by Crippen LogP contribution is 2.20. The minimum absolute atomic E-state index is 0.119. The van der Waals surface area contributed by atoms with Gasteiger partial charge in [-0.05, 0) is 32.9 Å². The molecule has 0 aliphatic rings. The second kappa shape index (κ2) is 5.69. The van der Waals surface area contributed by atoms with Crippen LogP contribution < -0.4 is 4.72 Å². The fourth-order valence-corrected chi connectivity index (χ4v) is 3.25. The minimum Gasteiger partial charge on any atom is -0.295 e. The molecule has 0 bridgehead atoms. The highest BCUT2D eigenvalue weighted by atomic mass is 32.2. The largest absolute Gasteiger partial charge is 0.295 e. The van der Waals surface area contributed by atoms with Crippen molar-refractivity contribution < 1.29 is 13.2 Å². The van der Waals surface area contributed by atoms with E-state index in [1.165, 1.54) is 19.2 Å². The molecule has 0 aliphatic heterocycles. The molecular weight excluding hydrogens is 290 g/mol. The average molecular weight is 307 g/mol. The molecule has 112 valence electrons. The summed E-state index contributed by atoms with van der Waals surface area (Å²) in [5.41, 5.74) is 1.38. The molecule has 2 rings (SSSR count). The van der Waals surface area contributed by atoms with Gasteiger partial charge in [0.05, 0.1) is 11.9 Å². The summed E-state index contributed by atoms with van der Waals surface area (Å²) in [6.07, 6.45) is 1.33. The predicted molar refractivity (Wildman–Crippen MR) is 79.9 cm³/mol. The molecule has 21 heavy (non-hydrogen) atoms. The first-order valence-corrected chi connectivity index (χ1v) is 7.99. The van der Waals surface area contributed by atoms with Gasteiger partial charge in [-0.1, -0.05) is 12.1 Å². The summed E-state index contributed by atoms with van der Waals surface area (Å²) in [4.78, 5) is 11.5. The number of aromatic nitrogens is 2. The summed E-state index contributed by atoms with van der Waals surface area (Å²) < 4.78 is 28.9. The van der Waals surface area contributed by atoms with Crippen molar-refractivity contribution in [2.45, 2.75) is 32.2 Å². The van der Waals surface area contributed by atoms with Crippen LogP contribution >= 0.6 is 0 Å². The van der Waals surface area contributed by atoms with E-state index in [0.717, 1.165) is 0 Å². The number of nitrogens with one attached hydrogen (secondary N) is 1. The summed E-state index contributed by atoms with van der Waals surface area (Å²) >= 11 is 0. The van der Waals surface area contributed by atoms with E-state index in [1.807, 2.05) is 6.92 Å².